The fraction of sp³-hybridized carbons (Fsp3) is 0.389. The van der Waals surface area contributed by atoms with Crippen LogP contribution in [0.5, 0.6) is 0 Å². The first-order valence-corrected chi connectivity index (χ1v) is 8.14. The molecule has 0 saturated carbocycles. The Morgan fingerprint density at radius 3 is 2.65 bits per heavy atom. The molecular weight excluding hydrogens is 310 g/mol. The van der Waals surface area contributed by atoms with Crippen LogP contribution >= 0.6 is 11.6 Å². The molecule has 0 N–H and O–H groups in total. The van der Waals surface area contributed by atoms with E-state index in [2.05, 4.69) is 17.1 Å². The fourth-order valence-electron chi connectivity index (χ4n) is 3.16. The van der Waals surface area contributed by atoms with Crippen LogP contribution in [0.3, 0.4) is 0 Å². The maximum Gasteiger partial charge on any atom is 0.257 e. The molecule has 0 atom stereocenters. The van der Waals surface area contributed by atoms with Gasteiger partial charge in [-0.1, -0.05) is 23.2 Å². The van der Waals surface area contributed by atoms with E-state index >= 15 is 0 Å². The van der Waals surface area contributed by atoms with Crippen molar-refractivity contribution in [1.82, 2.24) is 9.88 Å². The van der Waals surface area contributed by atoms with Crippen molar-refractivity contribution in [2.24, 2.45) is 5.92 Å². The predicted molar refractivity (Wildman–Crippen MR) is 90.5 cm³/mol. The van der Waals surface area contributed by atoms with E-state index in [1.54, 1.807) is 4.90 Å². The van der Waals surface area contributed by atoms with Crippen molar-refractivity contribution >= 4 is 28.4 Å². The van der Waals surface area contributed by atoms with Gasteiger partial charge >= 0.3 is 0 Å². The van der Waals surface area contributed by atoms with E-state index in [0.717, 1.165) is 34.9 Å². The molecule has 5 heteroatoms. The molecule has 0 bridgehead atoms. The summed E-state index contributed by atoms with van der Waals surface area (Å²) in [6, 6.07) is 8.19. The van der Waals surface area contributed by atoms with Crippen molar-refractivity contribution in [3.63, 3.8) is 0 Å². The van der Waals surface area contributed by atoms with Crippen molar-refractivity contribution in [3.8, 4) is 6.07 Å². The zero-order chi connectivity index (χ0) is 16.6. The summed E-state index contributed by atoms with van der Waals surface area (Å²) >= 11 is 6.27. The Balaban J connectivity index is 1.95. The summed E-state index contributed by atoms with van der Waals surface area (Å²) in [5.41, 5.74) is 3.46. The summed E-state index contributed by atoms with van der Waals surface area (Å²) in [7, 11) is 0. The molecule has 1 fully saturated rings. The summed E-state index contributed by atoms with van der Waals surface area (Å²) in [5.74, 6) is -0.0468. The smallest absolute Gasteiger partial charge is 0.257 e. The molecule has 1 aliphatic rings. The lowest BCUT2D eigenvalue weighted by Crippen LogP contribution is -2.38. The normalized spacial score (nSPS) is 15.7. The number of nitrogens with zero attached hydrogens (tertiary/aromatic N) is 3. The van der Waals surface area contributed by atoms with Gasteiger partial charge in [0.05, 0.1) is 17.1 Å². The largest absolute Gasteiger partial charge is 0.338 e. The lowest BCUT2D eigenvalue weighted by Gasteiger charge is -2.29. The van der Waals surface area contributed by atoms with Crippen LogP contribution in [-0.2, 0) is 0 Å². The second-order valence-electron chi connectivity index (χ2n) is 6.18. The van der Waals surface area contributed by atoms with E-state index in [4.69, 9.17) is 16.9 Å². The number of aromatic nitrogens is 1. The molecule has 0 radical (unpaired) electrons. The molecule has 2 aromatic rings. The van der Waals surface area contributed by atoms with Crippen molar-refractivity contribution in [3.05, 3.63) is 40.0 Å². The van der Waals surface area contributed by atoms with E-state index in [0.29, 0.717) is 18.7 Å². The number of hydrogen-bond donors (Lipinski definition) is 0. The van der Waals surface area contributed by atoms with Crippen LogP contribution in [0.1, 0.15) is 34.3 Å². The van der Waals surface area contributed by atoms with Gasteiger partial charge in [0.1, 0.15) is 5.15 Å². The second-order valence-corrected chi connectivity index (χ2v) is 6.53. The van der Waals surface area contributed by atoms with Crippen LogP contribution in [0.25, 0.3) is 10.9 Å². The highest BCUT2D eigenvalue weighted by molar-refractivity contribution is 6.33. The number of likely N-dealkylation sites (tertiary alicyclic amines) is 1. The van der Waals surface area contributed by atoms with Crippen LogP contribution in [0.2, 0.25) is 5.15 Å². The maximum atomic E-state index is 12.7. The highest BCUT2D eigenvalue weighted by Gasteiger charge is 2.25. The standard InChI is InChI=1S/C18H18ClN3O/c1-11-7-12(2)16-14(8-11)9-15(17(19)21-16)18(23)22-5-3-13(10-20)4-6-22/h7-9,13H,3-6H2,1-2H3. The molecule has 1 amide bonds. The first-order chi connectivity index (χ1) is 11.0. The molecule has 1 aromatic carbocycles. The lowest BCUT2D eigenvalue weighted by molar-refractivity contribution is 0.0707. The minimum atomic E-state index is -0.0973. The van der Waals surface area contributed by atoms with Gasteiger partial charge in [0.15, 0.2) is 0 Å². The number of nitriles is 1. The van der Waals surface area contributed by atoms with Gasteiger partial charge in [0.2, 0.25) is 0 Å². The Kier molecular flexibility index (Phi) is 4.23. The Morgan fingerprint density at radius 1 is 1.30 bits per heavy atom. The Bertz CT molecular complexity index is 817. The zero-order valence-corrected chi connectivity index (χ0v) is 14.0. The topological polar surface area (TPSA) is 57.0 Å². The predicted octanol–water partition coefficient (Wildman–Crippen LogP) is 3.88. The minimum Gasteiger partial charge on any atom is -0.338 e. The van der Waals surface area contributed by atoms with Crippen LogP contribution < -0.4 is 0 Å². The SMILES string of the molecule is Cc1cc(C)c2nc(Cl)c(C(=O)N3CCC(C#N)CC3)cc2c1. The minimum absolute atomic E-state index is 0.0505. The van der Waals surface area contributed by atoms with E-state index in [9.17, 15) is 4.79 Å². The monoisotopic (exact) mass is 327 g/mol. The van der Waals surface area contributed by atoms with Crippen LogP contribution in [0.4, 0.5) is 0 Å². The Labute approximate surface area is 140 Å². The summed E-state index contributed by atoms with van der Waals surface area (Å²) in [6.07, 6.45) is 1.44. The summed E-state index contributed by atoms with van der Waals surface area (Å²) in [4.78, 5) is 18.9. The highest BCUT2D eigenvalue weighted by Crippen LogP contribution is 2.26. The maximum absolute atomic E-state index is 12.7. The lowest BCUT2D eigenvalue weighted by atomic mass is 9.98. The number of pyridine rings is 1. The van der Waals surface area contributed by atoms with Gasteiger partial charge in [-0.25, -0.2) is 4.98 Å². The zero-order valence-electron chi connectivity index (χ0n) is 13.3. The second kappa shape index (κ2) is 6.17. The molecule has 23 heavy (non-hydrogen) atoms. The van der Waals surface area contributed by atoms with Crippen molar-refractivity contribution < 1.29 is 4.79 Å². The third-order valence-corrected chi connectivity index (χ3v) is 4.69. The molecule has 4 nitrogen and oxygen atoms in total. The van der Waals surface area contributed by atoms with Gasteiger partial charge in [-0.15, -0.1) is 0 Å². The Morgan fingerprint density at radius 2 is 2.00 bits per heavy atom. The van der Waals surface area contributed by atoms with Crippen molar-refractivity contribution in [2.45, 2.75) is 26.7 Å². The van der Waals surface area contributed by atoms with E-state index in [1.807, 2.05) is 26.0 Å². The first-order valence-electron chi connectivity index (χ1n) is 7.76. The Hall–Kier alpha value is -2.12. The number of benzene rings is 1. The number of piperidine rings is 1. The fourth-order valence-corrected chi connectivity index (χ4v) is 3.38. The molecule has 0 unspecified atom stereocenters. The molecule has 1 saturated heterocycles. The number of aryl methyl sites for hydroxylation is 2. The molecule has 2 heterocycles. The highest BCUT2D eigenvalue weighted by atomic mass is 35.5. The van der Waals surface area contributed by atoms with Gasteiger partial charge in [-0.05, 0) is 44.4 Å². The van der Waals surface area contributed by atoms with E-state index < -0.39 is 0 Å². The van der Waals surface area contributed by atoms with Crippen molar-refractivity contribution in [1.29, 1.82) is 5.26 Å². The molecule has 0 aliphatic carbocycles. The number of hydrogen-bond acceptors (Lipinski definition) is 3. The third-order valence-electron chi connectivity index (χ3n) is 4.40. The van der Waals surface area contributed by atoms with Crippen LogP contribution in [0.15, 0.2) is 18.2 Å². The summed E-state index contributed by atoms with van der Waals surface area (Å²) in [5, 5.41) is 10.1. The first kappa shape index (κ1) is 15.8. The number of rotatable bonds is 1. The number of amides is 1. The van der Waals surface area contributed by atoms with E-state index in [1.165, 1.54) is 0 Å². The van der Waals surface area contributed by atoms with Gasteiger partial charge in [0, 0.05) is 24.4 Å². The quantitative estimate of drug-likeness (QED) is 0.747. The number of carbonyl (C=O) groups excluding carboxylic acids is 1. The molecule has 118 valence electrons. The summed E-state index contributed by atoms with van der Waals surface area (Å²) < 4.78 is 0. The molecule has 3 rings (SSSR count). The van der Waals surface area contributed by atoms with Crippen LogP contribution in [-0.4, -0.2) is 28.9 Å². The molecule has 1 aliphatic heterocycles. The third kappa shape index (κ3) is 3.02. The average Bonchev–Trinajstić information content (AvgIpc) is 2.54. The average molecular weight is 328 g/mol. The van der Waals surface area contributed by atoms with E-state index in [-0.39, 0.29) is 17.0 Å². The number of halogens is 1. The summed E-state index contributed by atoms with van der Waals surface area (Å²) in [6.45, 7) is 5.21. The van der Waals surface area contributed by atoms with Crippen LogP contribution in [0, 0.1) is 31.1 Å². The van der Waals surface area contributed by atoms with Gasteiger partial charge in [0.25, 0.3) is 5.91 Å². The van der Waals surface area contributed by atoms with Gasteiger partial charge in [-0.2, -0.15) is 5.26 Å². The number of carbonyl (C=O) groups is 1. The van der Waals surface area contributed by atoms with Crippen molar-refractivity contribution in [2.75, 3.05) is 13.1 Å². The molecular formula is C18H18ClN3O. The molecule has 1 aromatic heterocycles. The van der Waals surface area contributed by atoms with Gasteiger partial charge in [-0.3, -0.25) is 4.79 Å². The molecule has 0 spiro atoms. The van der Waals surface area contributed by atoms with Gasteiger partial charge < -0.3 is 4.90 Å². The number of fused-ring (bicyclic) bond motifs is 1.